The number of nitrogens with one attached hydrogen (secondary N) is 1. The van der Waals surface area contributed by atoms with Crippen molar-refractivity contribution in [1.29, 1.82) is 0 Å². The van der Waals surface area contributed by atoms with Crippen molar-refractivity contribution in [2.75, 3.05) is 18.2 Å². The molecule has 0 aliphatic heterocycles. The zero-order valence-corrected chi connectivity index (χ0v) is 17.6. The van der Waals surface area contributed by atoms with Crippen LogP contribution in [0.2, 0.25) is 0 Å². The average Bonchev–Trinajstić information content (AvgIpc) is 3.22. The number of esters is 1. The molecule has 1 N–H and O–H groups in total. The number of thiophene rings is 1. The second-order valence-corrected chi connectivity index (χ2v) is 7.89. The molecule has 29 heavy (non-hydrogen) atoms. The number of hydrogen-bond acceptors (Lipinski definition) is 6. The first-order chi connectivity index (χ1) is 14.0. The Balaban J connectivity index is 1.71. The number of anilines is 1. The molecule has 1 heterocycles. The van der Waals surface area contributed by atoms with Crippen LogP contribution in [0.5, 0.6) is 0 Å². The highest BCUT2D eigenvalue weighted by molar-refractivity contribution is 7.98. The minimum Gasteiger partial charge on any atom is -0.453 e. The number of amides is 1. The molecule has 0 aliphatic carbocycles. The van der Waals surface area contributed by atoms with Gasteiger partial charge in [0.1, 0.15) is 4.88 Å². The highest BCUT2D eigenvalue weighted by Gasteiger charge is 2.18. The van der Waals surface area contributed by atoms with Crippen molar-refractivity contribution < 1.29 is 19.1 Å². The zero-order valence-electron chi connectivity index (χ0n) is 15.9. The molecule has 1 amide bonds. The Kier molecular flexibility index (Phi) is 6.85. The van der Waals surface area contributed by atoms with Gasteiger partial charge in [0.15, 0.2) is 12.4 Å². The van der Waals surface area contributed by atoms with Crippen molar-refractivity contribution in [1.82, 2.24) is 0 Å². The van der Waals surface area contributed by atoms with Crippen molar-refractivity contribution in [3.05, 3.63) is 70.4 Å². The molecule has 0 aliphatic rings. The number of Topliss-reactive ketones (excluding diaryl/α,β-unsaturated/α-hetero) is 1. The van der Waals surface area contributed by atoms with E-state index in [1.165, 1.54) is 30.0 Å². The molecule has 0 saturated heterocycles. The smallest absolute Gasteiger partial charge is 0.349 e. The molecule has 0 radical (unpaired) electrons. The Bertz CT molecular complexity index is 1040. The van der Waals surface area contributed by atoms with E-state index >= 15 is 0 Å². The predicted molar refractivity (Wildman–Crippen MR) is 117 cm³/mol. The molecular formula is C22H19NO4S2. The molecule has 0 unspecified atom stereocenters. The monoisotopic (exact) mass is 425 g/mol. The third-order valence-corrected chi connectivity index (χ3v) is 5.79. The lowest BCUT2D eigenvalue weighted by Crippen LogP contribution is -2.15. The Morgan fingerprint density at radius 1 is 1.07 bits per heavy atom. The molecule has 7 heteroatoms. The Morgan fingerprint density at radius 2 is 1.83 bits per heavy atom. The molecule has 0 fully saturated rings. The molecular weight excluding hydrogens is 406 g/mol. The maximum atomic E-state index is 12.5. The maximum Gasteiger partial charge on any atom is 0.349 e. The Hall–Kier alpha value is -2.90. The first-order valence-electron chi connectivity index (χ1n) is 8.78. The van der Waals surface area contributed by atoms with E-state index in [1.807, 2.05) is 48.0 Å². The van der Waals surface area contributed by atoms with Crippen LogP contribution in [-0.4, -0.2) is 30.5 Å². The summed E-state index contributed by atoms with van der Waals surface area (Å²) in [4.78, 5) is 37.7. The molecule has 2 aromatic carbocycles. The van der Waals surface area contributed by atoms with Crippen molar-refractivity contribution in [2.24, 2.45) is 0 Å². The van der Waals surface area contributed by atoms with Gasteiger partial charge in [-0.3, -0.25) is 9.59 Å². The summed E-state index contributed by atoms with van der Waals surface area (Å²) in [5.41, 5.74) is 2.63. The van der Waals surface area contributed by atoms with E-state index in [0.717, 1.165) is 16.0 Å². The van der Waals surface area contributed by atoms with Crippen LogP contribution in [0, 0.1) is 0 Å². The SMILES string of the molecule is CSc1ccc(C(=O)COC(=O)c2sccc2-c2ccccc2)cc1NC(C)=O. The van der Waals surface area contributed by atoms with Gasteiger partial charge in [-0.2, -0.15) is 0 Å². The predicted octanol–water partition coefficient (Wildman–Crippen LogP) is 5.14. The number of thioether (sulfide) groups is 1. The van der Waals surface area contributed by atoms with Crippen molar-refractivity contribution in [3.63, 3.8) is 0 Å². The van der Waals surface area contributed by atoms with Gasteiger partial charge in [0.05, 0.1) is 5.69 Å². The van der Waals surface area contributed by atoms with Crippen molar-refractivity contribution >= 4 is 46.4 Å². The summed E-state index contributed by atoms with van der Waals surface area (Å²) in [7, 11) is 0. The number of benzene rings is 2. The lowest BCUT2D eigenvalue weighted by Gasteiger charge is -2.10. The fourth-order valence-corrected chi connectivity index (χ4v) is 4.10. The van der Waals surface area contributed by atoms with Crippen LogP contribution in [0.4, 0.5) is 5.69 Å². The largest absolute Gasteiger partial charge is 0.453 e. The third-order valence-electron chi connectivity index (χ3n) is 4.10. The van der Waals surface area contributed by atoms with Gasteiger partial charge in [0.25, 0.3) is 0 Å². The molecule has 3 rings (SSSR count). The van der Waals surface area contributed by atoms with Gasteiger partial charge < -0.3 is 10.1 Å². The molecule has 0 atom stereocenters. The van der Waals surface area contributed by atoms with Crippen LogP contribution in [0.15, 0.2) is 64.9 Å². The van der Waals surface area contributed by atoms with Crippen LogP contribution >= 0.6 is 23.1 Å². The first kappa shape index (κ1) is 20.8. The lowest BCUT2D eigenvalue weighted by molar-refractivity contribution is -0.114. The Morgan fingerprint density at radius 3 is 2.52 bits per heavy atom. The van der Waals surface area contributed by atoms with Gasteiger partial charge in [-0.1, -0.05) is 36.4 Å². The number of carbonyl (C=O) groups is 3. The van der Waals surface area contributed by atoms with Gasteiger partial charge in [-0.15, -0.1) is 23.1 Å². The minimum absolute atomic E-state index is 0.220. The number of carbonyl (C=O) groups excluding carboxylic acids is 3. The summed E-state index contributed by atoms with van der Waals surface area (Å²) in [5, 5.41) is 4.54. The van der Waals surface area contributed by atoms with Crippen LogP contribution in [0.1, 0.15) is 27.0 Å². The summed E-state index contributed by atoms with van der Waals surface area (Å²) in [5.74, 6) is -1.09. The van der Waals surface area contributed by atoms with Crippen LogP contribution in [0.25, 0.3) is 11.1 Å². The first-order valence-corrected chi connectivity index (χ1v) is 10.9. The second-order valence-electron chi connectivity index (χ2n) is 6.12. The standard InChI is InChI=1S/C22H19NO4S2/c1-14(24)23-18-12-16(8-9-20(18)28-2)19(25)13-27-22(26)21-17(10-11-29-21)15-6-4-3-5-7-15/h3-12H,13H2,1-2H3,(H,23,24). The summed E-state index contributed by atoms with van der Waals surface area (Å²) in [6.45, 7) is 1.04. The lowest BCUT2D eigenvalue weighted by atomic mass is 10.1. The van der Waals surface area contributed by atoms with E-state index in [-0.39, 0.29) is 18.3 Å². The highest BCUT2D eigenvalue weighted by atomic mass is 32.2. The van der Waals surface area contributed by atoms with Gasteiger partial charge in [0, 0.05) is 22.9 Å². The third kappa shape index (κ3) is 5.13. The molecule has 3 aromatic rings. The van der Waals surface area contributed by atoms with E-state index in [9.17, 15) is 14.4 Å². The van der Waals surface area contributed by atoms with E-state index in [2.05, 4.69) is 5.32 Å². The molecule has 0 saturated carbocycles. The van der Waals surface area contributed by atoms with Gasteiger partial charge in [0.2, 0.25) is 5.91 Å². The van der Waals surface area contributed by atoms with E-state index < -0.39 is 5.97 Å². The van der Waals surface area contributed by atoms with E-state index in [4.69, 9.17) is 4.74 Å². The summed E-state index contributed by atoms with van der Waals surface area (Å²) in [6, 6.07) is 16.4. The van der Waals surface area contributed by atoms with Crippen LogP contribution < -0.4 is 5.32 Å². The molecule has 0 bridgehead atoms. The van der Waals surface area contributed by atoms with Crippen molar-refractivity contribution in [2.45, 2.75) is 11.8 Å². The van der Waals surface area contributed by atoms with Gasteiger partial charge in [-0.25, -0.2) is 4.79 Å². The average molecular weight is 426 g/mol. The van der Waals surface area contributed by atoms with Gasteiger partial charge in [-0.05, 0) is 35.4 Å². The van der Waals surface area contributed by atoms with Crippen LogP contribution in [-0.2, 0) is 9.53 Å². The second kappa shape index (κ2) is 9.54. The minimum atomic E-state index is -0.532. The number of ether oxygens (including phenoxy) is 1. The zero-order chi connectivity index (χ0) is 20.8. The number of hydrogen-bond donors (Lipinski definition) is 1. The normalized spacial score (nSPS) is 10.4. The fourth-order valence-electron chi connectivity index (χ4n) is 2.76. The number of rotatable bonds is 7. The fraction of sp³-hybridized carbons (Fsp3) is 0.136. The summed E-state index contributed by atoms with van der Waals surface area (Å²) in [6.07, 6.45) is 1.88. The van der Waals surface area contributed by atoms with Crippen molar-refractivity contribution in [3.8, 4) is 11.1 Å². The maximum absolute atomic E-state index is 12.5. The van der Waals surface area contributed by atoms with Gasteiger partial charge >= 0.3 is 5.97 Å². The van der Waals surface area contributed by atoms with E-state index in [1.54, 1.807) is 18.2 Å². The molecule has 1 aromatic heterocycles. The highest BCUT2D eigenvalue weighted by Crippen LogP contribution is 2.29. The number of ketones is 1. The molecule has 0 spiro atoms. The Labute approximate surface area is 177 Å². The topological polar surface area (TPSA) is 72.5 Å². The summed E-state index contributed by atoms with van der Waals surface area (Å²) >= 11 is 2.74. The summed E-state index contributed by atoms with van der Waals surface area (Å²) < 4.78 is 5.27. The molecule has 5 nitrogen and oxygen atoms in total. The quantitative estimate of drug-likeness (QED) is 0.323. The van der Waals surface area contributed by atoms with Crippen LogP contribution in [0.3, 0.4) is 0 Å². The van der Waals surface area contributed by atoms with E-state index in [0.29, 0.717) is 16.1 Å². The molecule has 148 valence electrons.